The summed E-state index contributed by atoms with van der Waals surface area (Å²) in [5, 5.41) is -0.765. The molecule has 0 N–H and O–H groups in total. The highest BCUT2D eigenvalue weighted by molar-refractivity contribution is 8.14. The smallest absolute Gasteiger partial charge is 0.237 e. The predicted octanol–water partition coefficient (Wildman–Crippen LogP) is 1.96. The van der Waals surface area contributed by atoms with Crippen LogP contribution in [-0.4, -0.2) is 37.6 Å². The minimum absolute atomic E-state index is 0.000601. The number of carbonyl (C=O) groups is 1. The zero-order chi connectivity index (χ0) is 14.8. The number of nitrogens with zero attached hydrogens (tertiary/aromatic N) is 1. The lowest BCUT2D eigenvalue weighted by molar-refractivity contribution is -0.127. The minimum Gasteiger partial charge on any atom is -0.341 e. The zero-order valence-electron chi connectivity index (χ0n) is 11.4. The van der Waals surface area contributed by atoms with Crippen LogP contribution in [0.1, 0.15) is 24.5 Å². The molecule has 110 valence electrons. The van der Waals surface area contributed by atoms with E-state index in [2.05, 4.69) is 31.2 Å². The molecule has 0 bridgehead atoms. The van der Waals surface area contributed by atoms with Gasteiger partial charge in [0, 0.05) is 30.2 Å². The van der Waals surface area contributed by atoms with E-state index >= 15 is 0 Å². The number of carbonyl (C=O) groups excluding carboxylic acids is 1. The van der Waals surface area contributed by atoms with Crippen molar-refractivity contribution in [3.8, 4) is 0 Å². The third kappa shape index (κ3) is 3.73. The van der Waals surface area contributed by atoms with Gasteiger partial charge in [-0.3, -0.25) is 4.79 Å². The molecular formula is C14H18ClNO3S. The van der Waals surface area contributed by atoms with E-state index in [-0.39, 0.29) is 18.9 Å². The molecule has 0 aliphatic carbocycles. The molecule has 1 heterocycles. The van der Waals surface area contributed by atoms with Gasteiger partial charge in [-0.2, -0.15) is 0 Å². The lowest BCUT2D eigenvalue weighted by Crippen LogP contribution is -2.29. The van der Waals surface area contributed by atoms with Crippen molar-refractivity contribution in [2.75, 3.05) is 13.1 Å². The van der Waals surface area contributed by atoms with E-state index in [1.807, 2.05) is 0 Å². The maximum absolute atomic E-state index is 11.8. The summed E-state index contributed by atoms with van der Waals surface area (Å²) in [5.41, 5.74) is 2.42. The van der Waals surface area contributed by atoms with Crippen LogP contribution in [-0.2, 0) is 26.7 Å². The number of benzene rings is 1. The van der Waals surface area contributed by atoms with Crippen LogP contribution in [0.15, 0.2) is 24.3 Å². The lowest BCUT2D eigenvalue weighted by Gasteiger charge is -2.16. The highest BCUT2D eigenvalue weighted by atomic mass is 35.7. The van der Waals surface area contributed by atoms with Crippen LogP contribution < -0.4 is 0 Å². The summed E-state index contributed by atoms with van der Waals surface area (Å²) in [6, 6.07) is 8.25. The van der Waals surface area contributed by atoms with Crippen molar-refractivity contribution in [3.63, 3.8) is 0 Å². The lowest BCUT2D eigenvalue weighted by atomic mass is 10.1. The number of hydrogen-bond acceptors (Lipinski definition) is 3. The molecule has 1 aromatic rings. The Kier molecular flexibility index (Phi) is 4.70. The molecule has 0 spiro atoms. The van der Waals surface area contributed by atoms with Gasteiger partial charge in [0.1, 0.15) is 5.25 Å². The van der Waals surface area contributed by atoms with Crippen LogP contribution in [0.3, 0.4) is 0 Å². The Labute approximate surface area is 124 Å². The quantitative estimate of drug-likeness (QED) is 0.781. The number of aryl methyl sites for hydroxylation is 1. The number of hydrogen-bond donors (Lipinski definition) is 0. The molecule has 1 unspecified atom stereocenters. The molecule has 0 saturated carbocycles. The molecular weight excluding hydrogens is 298 g/mol. The maximum atomic E-state index is 11.8. The van der Waals surface area contributed by atoms with Crippen molar-refractivity contribution in [1.82, 2.24) is 4.90 Å². The van der Waals surface area contributed by atoms with E-state index < -0.39 is 14.3 Å². The number of amides is 1. The summed E-state index contributed by atoms with van der Waals surface area (Å²) in [6.45, 7) is 2.84. The third-order valence-corrected chi connectivity index (χ3v) is 5.55. The monoisotopic (exact) mass is 315 g/mol. The van der Waals surface area contributed by atoms with Gasteiger partial charge in [-0.05, 0) is 24.0 Å². The van der Waals surface area contributed by atoms with E-state index in [9.17, 15) is 13.2 Å². The summed E-state index contributed by atoms with van der Waals surface area (Å²) in [4.78, 5) is 13.3. The third-order valence-electron chi connectivity index (χ3n) is 3.68. The second kappa shape index (κ2) is 6.14. The highest BCUT2D eigenvalue weighted by Crippen LogP contribution is 2.21. The summed E-state index contributed by atoms with van der Waals surface area (Å²) in [7, 11) is 1.66. The second-order valence-corrected chi connectivity index (χ2v) is 7.97. The van der Waals surface area contributed by atoms with Gasteiger partial charge in [0.2, 0.25) is 15.0 Å². The SMILES string of the molecule is CCc1ccc(CCN2CC(S(=O)(=O)Cl)CC2=O)cc1. The normalized spacial score (nSPS) is 19.6. The van der Waals surface area contributed by atoms with E-state index in [1.165, 1.54) is 5.56 Å². The molecule has 1 aliphatic rings. The second-order valence-electron chi connectivity index (χ2n) is 5.06. The van der Waals surface area contributed by atoms with Crippen LogP contribution in [0.2, 0.25) is 0 Å². The Morgan fingerprint density at radius 2 is 1.85 bits per heavy atom. The molecule has 1 saturated heterocycles. The van der Waals surface area contributed by atoms with Crippen LogP contribution in [0.4, 0.5) is 0 Å². The van der Waals surface area contributed by atoms with Gasteiger partial charge in [0.15, 0.2) is 0 Å². The number of likely N-dealkylation sites (tertiary alicyclic amines) is 1. The molecule has 1 atom stereocenters. The van der Waals surface area contributed by atoms with Crippen molar-refractivity contribution in [1.29, 1.82) is 0 Å². The molecule has 1 aliphatic heterocycles. The number of halogens is 1. The Hall–Kier alpha value is -1.07. The Balaban J connectivity index is 1.92. The van der Waals surface area contributed by atoms with Crippen LogP contribution in [0.25, 0.3) is 0 Å². The Morgan fingerprint density at radius 1 is 1.25 bits per heavy atom. The van der Waals surface area contributed by atoms with Crippen LogP contribution >= 0.6 is 10.7 Å². The van der Waals surface area contributed by atoms with Gasteiger partial charge in [-0.1, -0.05) is 31.2 Å². The largest absolute Gasteiger partial charge is 0.341 e. The molecule has 0 aromatic heterocycles. The fraction of sp³-hybridized carbons (Fsp3) is 0.500. The maximum Gasteiger partial charge on any atom is 0.237 e. The van der Waals surface area contributed by atoms with Gasteiger partial charge in [0.25, 0.3) is 0 Å². The van der Waals surface area contributed by atoms with Gasteiger partial charge in [-0.25, -0.2) is 8.42 Å². The van der Waals surface area contributed by atoms with E-state index in [0.29, 0.717) is 6.54 Å². The summed E-state index contributed by atoms with van der Waals surface area (Å²) in [6.07, 6.45) is 1.73. The summed E-state index contributed by atoms with van der Waals surface area (Å²) >= 11 is 0. The van der Waals surface area contributed by atoms with Gasteiger partial charge < -0.3 is 4.90 Å². The molecule has 0 radical (unpaired) electrons. The highest BCUT2D eigenvalue weighted by Gasteiger charge is 2.36. The Morgan fingerprint density at radius 3 is 2.35 bits per heavy atom. The minimum atomic E-state index is -3.65. The Bertz CT molecular complexity index is 583. The first-order chi connectivity index (χ1) is 9.40. The summed E-state index contributed by atoms with van der Waals surface area (Å²) in [5.74, 6) is -0.135. The topological polar surface area (TPSA) is 54.5 Å². The standard InChI is InChI=1S/C14H18ClNO3S/c1-2-11-3-5-12(6-4-11)7-8-16-10-13(9-14(16)17)20(15,18)19/h3-6,13H,2,7-10H2,1H3. The molecule has 4 nitrogen and oxygen atoms in total. The van der Waals surface area contributed by atoms with E-state index in [4.69, 9.17) is 10.7 Å². The van der Waals surface area contributed by atoms with Gasteiger partial charge >= 0.3 is 0 Å². The average molecular weight is 316 g/mol. The number of rotatable bonds is 5. The van der Waals surface area contributed by atoms with Crippen LogP contribution in [0, 0.1) is 0 Å². The zero-order valence-corrected chi connectivity index (χ0v) is 13.0. The van der Waals surface area contributed by atoms with Crippen molar-refractivity contribution in [2.24, 2.45) is 0 Å². The van der Waals surface area contributed by atoms with E-state index in [1.54, 1.807) is 4.90 Å². The van der Waals surface area contributed by atoms with Crippen molar-refractivity contribution in [2.45, 2.75) is 31.4 Å². The fourth-order valence-corrected chi connectivity index (χ4v) is 3.40. The van der Waals surface area contributed by atoms with Crippen LogP contribution in [0.5, 0.6) is 0 Å². The molecule has 1 amide bonds. The van der Waals surface area contributed by atoms with Crippen molar-refractivity contribution in [3.05, 3.63) is 35.4 Å². The first-order valence-corrected chi connectivity index (χ1v) is 9.06. The molecule has 1 aromatic carbocycles. The molecule has 2 rings (SSSR count). The first-order valence-electron chi connectivity index (χ1n) is 6.69. The van der Waals surface area contributed by atoms with Gasteiger partial charge in [0.05, 0.1) is 0 Å². The van der Waals surface area contributed by atoms with E-state index in [0.717, 1.165) is 18.4 Å². The van der Waals surface area contributed by atoms with Crippen molar-refractivity contribution >= 4 is 25.6 Å². The molecule has 1 fully saturated rings. The predicted molar refractivity (Wildman–Crippen MR) is 79.3 cm³/mol. The van der Waals surface area contributed by atoms with Crippen molar-refractivity contribution < 1.29 is 13.2 Å². The first kappa shape index (κ1) is 15.3. The molecule has 20 heavy (non-hydrogen) atoms. The fourth-order valence-electron chi connectivity index (χ4n) is 2.35. The van der Waals surface area contributed by atoms with Gasteiger partial charge in [-0.15, -0.1) is 0 Å². The average Bonchev–Trinajstić information content (AvgIpc) is 2.78. The summed E-state index contributed by atoms with van der Waals surface area (Å²) < 4.78 is 22.5. The molecule has 6 heteroatoms.